The molecule has 0 aliphatic rings. The fourth-order valence-corrected chi connectivity index (χ4v) is 1.03. The topological polar surface area (TPSA) is 67.2 Å². The van der Waals surface area contributed by atoms with Gasteiger partial charge in [0.05, 0.1) is 12.8 Å². The van der Waals surface area contributed by atoms with Crippen LogP contribution in [0.3, 0.4) is 0 Å². The number of carbonyl (C=O) groups is 2. The van der Waals surface area contributed by atoms with E-state index < -0.39 is 0 Å². The van der Waals surface area contributed by atoms with E-state index in [0.717, 1.165) is 0 Å². The molecule has 0 aliphatic carbocycles. The highest BCUT2D eigenvalue weighted by Crippen LogP contribution is 2.03. The molecule has 0 rings (SSSR count). The minimum Gasteiger partial charge on any atom is -0.469 e. The summed E-state index contributed by atoms with van der Waals surface area (Å²) in [5.41, 5.74) is 0.164. The Morgan fingerprint density at radius 2 is 1.79 bits per heavy atom. The van der Waals surface area contributed by atoms with Crippen molar-refractivity contribution in [1.29, 1.82) is 5.41 Å². The quantitative estimate of drug-likeness (QED) is 0.385. The molecule has 4 nitrogen and oxygen atoms in total. The van der Waals surface area contributed by atoms with Crippen LogP contribution in [0.1, 0.15) is 39.0 Å². The summed E-state index contributed by atoms with van der Waals surface area (Å²) in [7, 11) is 1.35. The van der Waals surface area contributed by atoms with Crippen molar-refractivity contribution >= 4 is 17.5 Å². The van der Waals surface area contributed by atoms with Crippen molar-refractivity contribution in [3.8, 4) is 0 Å². The first-order chi connectivity index (χ1) is 6.61. The van der Waals surface area contributed by atoms with Crippen molar-refractivity contribution in [2.45, 2.75) is 39.0 Å². The molecule has 0 fully saturated rings. The van der Waals surface area contributed by atoms with Gasteiger partial charge in [-0.25, -0.2) is 0 Å². The number of Topliss-reactive ketones (excluding diaryl/α,β-unsaturated/α-hetero) is 1. The van der Waals surface area contributed by atoms with E-state index in [1.807, 2.05) is 0 Å². The van der Waals surface area contributed by atoms with Crippen molar-refractivity contribution in [1.82, 2.24) is 0 Å². The number of ketones is 1. The van der Waals surface area contributed by atoms with Gasteiger partial charge < -0.3 is 10.1 Å². The molecule has 0 saturated heterocycles. The summed E-state index contributed by atoms with van der Waals surface area (Å²) in [6.45, 7) is 1.74. The predicted octanol–water partition coefficient (Wildman–Crippen LogP) is 1.72. The number of ether oxygens (including phenoxy) is 1. The average Bonchev–Trinajstić information content (AvgIpc) is 2.22. The summed E-state index contributed by atoms with van der Waals surface area (Å²) in [6.07, 6.45) is 2.58. The molecular formula is C10H17NO3. The Balaban J connectivity index is 3.50. The summed E-state index contributed by atoms with van der Waals surface area (Å²) >= 11 is 0. The molecule has 0 spiro atoms. The second kappa shape index (κ2) is 7.24. The van der Waals surface area contributed by atoms with Crippen LogP contribution in [0.2, 0.25) is 0 Å². The maximum absolute atomic E-state index is 11.0. The smallest absolute Gasteiger partial charge is 0.305 e. The molecule has 1 N–H and O–H groups in total. The van der Waals surface area contributed by atoms with E-state index in [1.165, 1.54) is 7.11 Å². The molecule has 0 aromatic carbocycles. The molecule has 0 radical (unpaired) electrons. The number of nitrogens with one attached hydrogen (secondary N) is 1. The van der Waals surface area contributed by atoms with E-state index in [2.05, 4.69) is 4.74 Å². The third-order valence-electron chi connectivity index (χ3n) is 1.94. The first-order valence-electron chi connectivity index (χ1n) is 4.79. The van der Waals surface area contributed by atoms with Gasteiger partial charge in [0.25, 0.3) is 0 Å². The first kappa shape index (κ1) is 12.8. The van der Waals surface area contributed by atoms with Gasteiger partial charge in [0.15, 0.2) is 5.78 Å². The monoisotopic (exact) mass is 199 g/mol. The van der Waals surface area contributed by atoms with Crippen molar-refractivity contribution in [2.75, 3.05) is 7.11 Å². The Labute approximate surface area is 84.1 Å². The number of unbranched alkanes of at least 4 members (excludes halogenated alkanes) is 1. The molecule has 0 amide bonds. The third-order valence-corrected chi connectivity index (χ3v) is 1.94. The molecule has 0 heterocycles. The first-order valence-corrected chi connectivity index (χ1v) is 4.79. The van der Waals surface area contributed by atoms with Crippen molar-refractivity contribution in [2.24, 2.45) is 0 Å². The Hall–Kier alpha value is -1.19. The Morgan fingerprint density at radius 1 is 1.21 bits per heavy atom. The molecule has 0 atom stereocenters. The summed E-state index contributed by atoms with van der Waals surface area (Å²) in [6, 6.07) is 0. The summed E-state index contributed by atoms with van der Waals surface area (Å²) < 4.78 is 4.47. The van der Waals surface area contributed by atoms with Crippen LogP contribution in [0.15, 0.2) is 0 Å². The molecule has 0 unspecified atom stereocenters. The van der Waals surface area contributed by atoms with Crippen LogP contribution in [0.4, 0.5) is 0 Å². The molecule has 0 bridgehead atoms. The lowest BCUT2D eigenvalue weighted by Gasteiger charge is -2.01. The highest BCUT2D eigenvalue weighted by Gasteiger charge is 2.06. The van der Waals surface area contributed by atoms with E-state index in [4.69, 9.17) is 5.41 Å². The molecule has 80 valence electrons. The molecule has 0 aliphatic heterocycles. The number of hydrogen-bond donors (Lipinski definition) is 1. The third kappa shape index (κ3) is 5.45. The zero-order valence-electron chi connectivity index (χ0n) is 8.76. The van der Waals surface area contributed by atoms with Gasteiger partial charge in [0.1, 0.15) is 0 Å². The predicted molar refractivity (Wildman–Crippen MR) is 53.5 cm³/mol. The second-order valence-electron chi connectivity index (χ2n) is 3.04. The molecular weight excluding hydrogens is 182 g/mol. The molecule has 0 aromatic rings. The van der Waals surface area contributed by atoms with Crippen LogP contribution in [-0.4, -0.2) is 24.6 Å². The largest absolute Gasteiger partial charge is 0.469 e. The summed E-state index contributed by atoms with van der Waals surface area (Å²) in [5.74, 6) is -0.346. The Morgan fingerprint density at radius 3 is 2.29 bits per heavy atom. The number of methoxy groups -OCH3 is 1. The number of carbonyl (C=O) groups excluding carboxylic acids is 2. The van der Waals surface area contributed by atoms with Crippen LogP contribution in [0.25, 0.3) is 0 Å². The fourth-order valence-electron chi connectivity index (χ4n) is 1.03. The van der Waals surface area contributed by atoms with Crippen LogP contribution in [-0.2, 0) is 14.3 Å². The van der Waals surface area contributed by atoms with Crippen LogP contribution in [0.5, 0.6) is 0 Å². The van der Waals surface area contributed by atoms with Crippen LogP contribution < -0.4 is 0 Å². The highest BCUT2D eigenvalue weighted by molar-refractivity contribution is 6.38. The van der Waals surface area contributed by atoms with Gasteiger partial charge in [-0.2, -0.15) is 0 Å². The van der Waals surface area contributed by atoms with Crippen molar-refractivity contribution in [3.63, 3.8) is 0 Å². The van der Waals surface area contributed by atoms with E-state index in [0.29, 0.717) is 32.1 Å². The SMILES string of the molecule is CCC(=O)C(=N)CCCCC(=O)OC. The number of rotatable bonds is 7. The normalized spacial score (nSPS) is 9.57. The minimum atomic E-state index is -0.238. The van der Waals surface area contributed by atoms with Gasteiger partial charge >= 0.3 is 5.97 Å². The Kier molecular flexibility index (Phi) is 6.62. The summed E-state index contributed by atoms with van der Waals surface area (Å²) in [5, 5.41) is 7.36. The maximum atomic E-state index is 11.0. The van der Waals surface area contributed by atoms with E-state index >= 15 is 0 Å². The van der Waals surface area contributed by atoms with Gasteiger partial charge in [-0.15, -0.1) is 0 Å². The highest BCUT2D eigenvalue weighted by atomic mass is 16.5. The lowest BCUT2D eigenvalue weighted by molar-refractivity contribution is -0.140. The number of hydrogen-bond acceptors (Lipinski definition) is 4. The molecule has 14 heavy (non-hydrogen) atoms. The van der Waals surface area contributed by atoms with E-state index in [1.54, 1.807) is 6.92 Å². The lowest BCUT2D eigenvalue weighted by atomic mass is 10.1. The van der Waals surface area contributed by atoms with Crippen LogP contribution in [0, 0.1) is 5.41 Å². The van der Waals surface area contributed by atoms with E-state index in [-0.39, 0.29) is 17.5 Å². The van der Waals surface area contributed by atoms with Gasteiger partial charge in [0.2, 0.25) is 0 Å². The lowest BCUT2D eigenvalue weighted by Crippen LogP contribution is -2.11. The second-order valence-corrected chi connectivity index (χ2v) is 3.04. The maximum Gasteiger partial charge on any atom is 0.305 e. The number of esters is 1. The van der Waals surface area contributed by atoms with Gasteiger partial charge in [0, 0.05) is 12.8 Å². The minimum absolute atomic E-state index is 0.108. The van der Waals surface area contributed by atoms with Crippen molar-refractivity contribution in [3.05, 3.63) is 0 Å². The Bertz CT molecular complexity index is 223. The van der Waals surface area contributed by atoms with Gasteiger partial charge in [-0.3, -0.25) is 9.59 Å². The fraction of sp³-hybridized carbons (Fsp3) is 0.700. The molecule has 0 aromatic heterocycles. The van der Waals surface area contributed by atoms with Gasteiger partial charge in [-0.05, 0) is 19.3 Å². The standard InChI is InChI=1S/C10H17NO3/c1-3-9(12)8(11)6-4-5-7-10(13)14-2/h11H,3-7H2,1-2H3. The van der Waals surface area contributed by atoms with Crippen molar-refractivity contribution < 1.29 is 14.3 Å². The molecule has 4 heteroatoms. The average molecular weight is 199 g/mol. The van der Waals surface area contributed by atoms with E-state index in [9.17, 15) is 9.59 Å². The zero-order valence-corrected chi connectivity index (χ0v) is 8.76. The molecule has 0 saturated carbocycles. The zero-order chi connectivity index (χ0) is 11.0. The van der Waals surface area contributed by atoms with Crippen LogP contribution >= 0.6 is 0 Å². The van der Waals surface area contributed by atoms with Gasteiger partial charge in [-0.1, -0.05) is 6.92 Å². The summed E-state index contributed by atoms with van der Waals surface area (Å²) in [4.78, 5) is 21.7.